The predicted octanol–water partition coefficient (Wildman–Crippen LogP) is 3.81. The largest absolute Gasteiger partial charge is 0.490 e. The van der Waals surface area contributed by atoms with Crippen molar-refractivity contribution < 1.29 is 4.74 Å². The zero-order valence-corrected chi connectivity index (χ0v) is 12.7. The highest BCUT2D eigenvalue weighted by Crippen LogP contribution is 2.35. The molecule has 0 aliphatic heterocycles. The van der Waals surface area contributed by atoms with Crippen molar-refractivity contribution in [3.8, 4) is 5.75 Å². The van der Waals surface area contributed by atoms with E-state index in [0.29, 0.717) is 17.9 Å². The monoisotopic (exact) mass is 274 g/mol. The van der Waals surface area contributed by atoms with E-state index in [2.05, 4.69) is 20.8 Å². The van der Waals surface area contributed by atoms with E-state index in [4.69, 9.17) is 15.9 Å². The minimum Gasteiger partial charge on any atom is -0.490 e. The molecule has 1 aliphatic rings. The van der Waals surface area contributed by atoms with Crippen LogP contribution in [0.4, 0.5) is 0 Å². The molecule has 20 heavy (non-hydrogen) atoms. The molecule has 1 aromatic carbocycles. The minimum atomic E-state index is 0.0999. The second kappa shape index (κ2) is 6.29. The first-order valence-corrected chi connectivity index (χ1v) is 7.58. The Kier molecular flexibility index (Phi) is 4.69. The zero-order valence-electron chi connectivity index (χ0n) is 12.7. The highest BCUT2D eigenvalue weighted by atomic mass is 16.5. The van der Waals surface area contributed by atoms with Crippen LogP contribution in [0.2, 0.25) is 0 Å². The Labute approximate surface area is 122 Å². The molecule has 1 fully saturated rings. The molecule has 0 saturated heterocycles. The van der Waals surface area contributed by atoms with E-state index in [1.54, 1.807) is 0 Å². The van der Waals surface area contributed by atoms with Crippen LogP contribution in [0, 0.1) is 23.2 Å². The summed E-state index contributed by atoms with van der Waals surface area (Å²) in [6, 6.07) is 7.56. The summed E-state index contributed by atoms with van der Waals surface area (Å²) < 4.78 is 6.22. The fourth-order valence-electron chi connectivity index (χ4n) is 3.14. The third-order valence-corrected chi connectivity index (χ3v) is 4.41. The lowest BCUT2D eigenvalue weighted by Crippen LogP contribution is -2.36. The molecule has 0 bridgehead atoms. The molecule has 2 rings (SSSR count). The van der Waals surface area contributed by atoms with E-state index in [-0.39, 0.29) is 5.84 Å². The highest BCUT2D eigenvalue weighted by molar-refractivity contribution is 5.94. The van der Waals surface area contributed by atoms with Gasteiger partial charge in [0.2, 0.25) is 0 Å². The van der Waals surface area contributed by atoms with Gasteiger partial charge in [-0.2, -0.15) is 0 Å². The lowest BCUT2D eigenvalue weighted by Gasteiger charge is -2.37. The van der Waals surface area contributed by atoms with Crippen LogP contribution >= 0.6 is 0 Å². The van der Waals surface area contributed by atoms with Crippen LogP contribution in [-0.4, -0.2) is 11.9 Å². The molecule has 0 heterocycles. The molecule has 3 atom stereocenters. The van der Waals surface area contributed by atoms with Crippen molar-refractivity contribution >= 4 is 5.84 Å². The molecular formula is C17H26N2O. The van der Waals surface area contributed by atoms with Crippen LogP contribution in [0.3, 0.4) is 0 Å². The molecule has 3 nitrogen and oxygen atoms in total. The van der Waals surface area contributed by atoms with Gasteiger partial charge in [-0.25, -0.2) is 0 Å². The summed E-state index contributed by atoms with van der Waals surface area (Å²) in [5.74, 6) is 3.02. The lowest BCUT2D eigenvalue weighted by atomic mass is 9.75. The lowest BCUT2D eigenvalue weighted by molar-refractivity contribution is 0.0460. The number of nitrogens with two attached hydrogens (primary N) is 1. The first kappa shape index (κ1) is 14.9. The van der Waals surface area contributed by atoms with Gasteiger partial charge in [0.1, 0.15) is 17.7 Å². The van der Waals surface area contributed by atoms with Crippen LogP contribution in [0.25, 0.3) is 0 Å². The maximum atomic E-state index is 7.41. The minimum absolute atomic E-state index is 0.0999. The maximum absolute atomic E-state index is 7.41. The van der Waals surface area contributed by atoms with Gasteiger partial charge in [-0.15, -0.1) is 0 Å². The van der Waals surface area contributed by atoms with Crippen molar-refractivity contribution in [3.05, 3.63) is 29.8 Å². The standard InChI is InChI=1S/C17H26N2O/c1-11(2)15-9-4-12(3)10-16(15)20-14-7-5-13(6-8-14)17(18)19/h5-8,11-12,15-16H,4,9-10H2,1-3H3,(H3,18,19). The van der Waals surface area contributed by atoms with Crippen LogP contribution < -0.4 is 10.5 Å². The molecule has 0 radical (unpaired) electrons. The fraction of sp³-hybridized carbons (Fsp3) is 0.588. The van der Waals surface area contributed by atoms with E-state index >= 15 is 0 Å². The molecule has 3 unspecified atom stereocenters. The van der Waals surface area contributed by atoms with Gasteiger partial charge < -0.3 is 10.5 Å². The number of hydrogen-bond acceptors (Lipinski definition) is 2. The molecule has 0 aromatic heterocycles. The van der Waals surface area contributed by atoms with Crippen molar-refractivity contribution in [1.29, 1.82) is 5.41 Å². The van der Waals surface area contributed by atoms with Crippen molar-refractivity contribution in [3.63, 3.8) is 0 Å². The Balaban J connectivity index is 2.07. The quantitative estimate of drug-likeness (QED) is 0.648. The van der Waals surface area contributed by atoms with E-state index in [1.165, 1.54) is 12.8 Å². The summed E-state index contributed by atoms with van der Waals surface area (Å²) in [4.78, 5) is 0. The molecule has 110 valence electrons. The van der Waals surface area contributed by atoms with Crippen molar-refractivity contribution in [1.82, 2.24) is 0 Å². The molecule has 3 N–H and O–H groups in total. The number of amidine groups is 1. The number of nitrogens with one attached hydrogen (secondary N) is 1. The topological polar surface area (TPSA) is 59.1 Å². The number of rotatable bonds is 4. The summed E-state index contributed by atoms with van der Waals surface area (Å²) in [7, 11) is 0. The third kappa shape index (κ3) is 3.53. The van der Waals surface area contributed by atoms with Crippen LogP contribution in [0.15, 0.2) is 24.3 Å². The van der Waals surface area contributed by atoms with Crippen molar-refractivity contribution in [2.45, 2.75) is 46.1 Å². The van der Waals surface area contributed by atoms with Gasteiger partial charge >= 0.3 is 0 Å². The Bertz CT molecular complexity index is 453. The highest BCUT2D eigenvalue weighted by Gasteiger charge is 2.32. The van der Waals surface area contributed by atoms with Gasteiger partial charge in [-0.3, -0.25) is 5.41 Å². The number of nitrogen functional groups attached to an aromatic ring is 1. The van der Waals surface area contributed by atoms with E-state index < -0.39 is 0 Å². The average Bonchev–Trinajstić information content (AvgIpc) is 2.39. The Morgan fingerprint density at radius 3 is 2.45 bits per heavy atom. The SMILES string of the molecule is CC1CCC(C(C)C)C(Oc2ccc(C(=N)N)cc2)C1. The summed E-state index contributed by atoms with van der Waals surface area (Å²) in [5.41, 5.74) is 6.22. The van der Waals surface area contributed by atoms with Crippen LogP contribution in [0.5, 0.6) is 5.75 Å². The van der Waals surface area contributed by atoms with Gasteiger partial charge in [0.15, 0.2) is 0 Å². The number of ether oxygens (including phenoxy) is 1. The van der Waals surface area contributed by atoms with Crippen molar-refractivity contribution in [2.75, 3.05) is 0 Å². The van der Waals surface area contributed by atoms with Crippen LogP contribution in [-0.2, 0) is 0 Å². The van der Waals surface area contributed by atoms with E-state index in [1.807, 2.05) is 24.3 Å². The van der Waals surface area contributed by atoms with Gasteiger partial charge in [-0.1, -0.05) is 27.2 Å². The molecule has 1 aliphatic carbocycles. The van der Waals surface area contributed by atoms with E-state index in [0.717, 1.165) is 23.7 Å². The number of benzene rings is 1. The smallest absolute Gasteiger partial charge is 0.122 e. The van der Waals surface area contributed by atoms with Gasteiger partial charge in [-0.05, 0) is 54.9 Å². The summed E-state index contributed by atoms with van der Waals surface area (Å²) in [6.45, 7) is 6.89. The first-order valence-electron chi connectivity index (χ1n) is 7.58. The fourth-order valence-corrected chi connectivity index (χ4v) is 3.14. The molecular weight excluding hydrogens is 248 g/mol. The predicted molar refractivity (Wildman–Crippen MR) is 83.2 cm³/mol. The second-order valence-electron chi connectivity index (χ2n) is 6.42. The van der Waals surface area contributed by atoms with E-state index in [9.17, 15) is 0 Å². The normalized spacial score (nSPS) is 26.5. The van der Waals surface area contributed by atoms with Crippen molar-refractivity contribution in [2.24, 2.45) is 23.5 Å². The van der Waals surface area contributed by atoms with Gasteiger partial charge in [0.05, 0.1) is 0 Å². The molecule has 3 heteroatoms. The Morgan fingerprint density at radius 2 is 1.90 bits per heavy atom. The van der Waals surface area contributed by atoms with Gasteiger partial charge in [0, 0.05) is 5.56 Å². The number of hydrogen-bond donors (Lipinski definition) is 2. The van der Waals surface area contributed by atoms with Gasteiger partial charge in [0.25, 0.3) is 0 Å². The maximum Gasteiger partial charge on any atom is 0.122 e. The summed E-state index contributed by atoms with van der Waals surface area (Å²) >= 11 is 0. The van der Waals surface area contributed by atoms with Crippen LogP contribution in [0.1, 0.15) is 45.6 Å². The zero-order chi connectivity index (χ0) is 14.7. The summed E-state index contributed by atoms with van der Waals surface area (Å²) in [5, 5.41) is 7.41. The Morgan fingerprint density at radius 1 is 1.25 bits per heavy atom. The summed E-state index contributed by atoms with van der Waals surface area (Å²) in [6.07, 6.45) is 4.01. The molecule has 1 aromatic rings. The molecule has 0 amide bonds. The molecule has 0 spiro atoms. The average molecular weight is 274 g/mol. The molecule has 1 saturated carbocycles. The first-order chi connectivity index (χ1) is 9.47. The Hall–Kier alpha value is -1.51. The third-order valence-electron chi connectivity index (χ3n) is 4.41. The second-order valence-corrected chi connectivity index (χ2v) is 6.42.